The maximum absolute atomic E-state index is 14.0. The van der Waals surface area contributed by atoms with Crippen molar-refractivity contribution >= 4 is 10.0 Å². The third-order valence-electron chi connectivity index (χ3n) is 4.55. The third-order valence-corrected chi connectivity index (χ3v) is 5.97. The predicted molar refractivity (Wildman–Crippen MR) is 71.9 cm³/mol. The number of halogens is 2. The number of rotatable bonds is 6. The van der Waals surface area contributed by atoms with E-state index in [-0.39, 0.29) is 5.41 Å². The Hall–Kier alpha value is -1.05. The zero-order valence-corrected chi connectivity index (χ0v) is 12.2. The SMILES string of the molecule is O=S(=O)(NCC1(C2CC2)CC1)c1ccc(F)c(CO)c1F. The number of benzene rings is 1. The molecule has 0 amide bonds. The molecule has 0 aromatic heterocycles. The first kappa shape index (κ1) is 14.9. The summed E-state index contributed by atoms with van der Waals surface area (Å²) in [5.41, 5.74) is -0.579. The van der Waals surface area contributed by atoms with Gasteiger partial charge in [0.1, 0.15) is 10.7 Å². The quantitative estimate of drug-likeness (QED) is 0.842. The van der Waals surface area contributed by atoms with Crippen LogP contribution in [0.2, 0.25) is 0 Å². The van der Waals surface area contributed by atoms with Crippen molar-refractivity contribution in [3.05, 3.63) is 29.3 Å². The summed E-state index contributed by atoms with van der Waals surface area (Å²) in [4.78, 5) is -0.612. The maximum Gasteiger partial charge on any atom is 0.243 e. The van der Waals surface area contributed by atoms with Gasteiger partial charge in [-0.2, -0.15) is 0 Å². The lowest BCUT2D eigenvalue weighted by Crippen LogP contribution is -2.32. The Bertz CT molecular complexity index is 667. The monoisotopic (exact) mass is 317 g/mol. The Kier molecular flexibility index (Phi) is 3.54. The predicted octanol–water partition coefficient (Wildman–Crippen LogP) is 1.93. The molecule has 3 rings (SSSR count). The molecular formula is C14H17F2NO3S. The summed E-state index contributed by atoms with van der Waals surface area (Å²) >= 11 is 0. The Morgan fingerprint density at radius 1 is 1.29 bits per heavy atom. The maximum atomic E-state index is 14.0. The van der Waals surface area contributed by atoms with Gasteiger partial charge in [-0.25, -0.2) is 21.9 Å². The van der Waals surface area contributed by atoms with E-state index in [0.717, 1.165) is 37.8 Å². The molecule has 0 aliphatic heterocycles. The van der Waals surface area contributed by atoms with Crippen LogP contribution in [0.3, 0.4) is 0 Å². The average molecular weight is 317 g/mol. The third kappa shape index (κ3) is 2.69. The van der Waals surface area contributed by atoms with Crippen LogP contribution in [0.5, 0.6) is 0 Å². The summed E-state index contributed by atoms with van der Waals surface area (Å²) < 4.78 is 54.1. The number of aliphatic hydroxyl groups excluding tert-OH is 1. The Morgan fingerprint density at radius 3 is 2.48 bits per heavy atom. The Balaban J connectivity index is 1.81. The van der Waals surface area contributed by atoms with Crippen LogP contribution in [0.4, 0.5) is 8.78 Å². The van der Waals surface area contributed by atoms with Crippen molar-refractivity contribution in [2.45, 2.75) is 37.2 Å². The lowest BCUT2D eigenvalue weighted by atomic mass is 10.0. The van der Waals surface area contributed by atoms with Gasteiger partial charge in [-0.3, -0.25) is 0 Å². The van der Waals surface area contributed by atoms with E-state index in [9.17, 15) is 17.2 Å². The van der Waals surface area contributed by atoms with Crippen LogP contribution in [-0.4, -0.2) is 20.1 Å². The number of sulfonamides is 1. The van der Waals surface area contributed by atoms with Gasteiger partial charge in [-0.1, -0.05) is 0 Å². The highest BCUT2D eigenvalue weighted by atomic mass is 32.2. The fourth-order valence-corrected chi connectivity index (χ4v) is 4.07. The summed E-state index contributed by atoms with van der Waals surface area (Å²) in [6.45, 7) is -0.585. The van der Waals surface area contributed by atoms with Gasteiger partial charge >= 0.3 is 0 Å². The summed E-state index contributed by atoms with van der Waals surface area (Å²) in [7, 11) is -4.04. The van der Waals surface area contributed by atoms with Crippen molar-refractivity contribution in [3.63, 3.8) is 0 Å². The van der Waals surface area contributed by atoms with Crippen LogP contribution in [0.15, 0.2) is 17.0 Å². The lowest BCUT2D eigenvalue weighted by Gasteiger charge is -2.16. The normalized spacial score (nSPS) is 20.5. The molecule has 2 aliphatic rings. The summed E-state index contributed by atoms with van der Waals surface area (Å²) in [5, 5.41) is 8.94. The summed E-state index contributed by atoms with van der Waals surface area (Å²) in [5.74, 6) is -1.60. The first-order chi connectivity index (χ1) is 9.89. The Labute approximate surface area is 122 Å². The Morgan fingerprint density at radius 2 is 1.95 bits per heavy atom. The number of hydrogen-bond acceptors (Lipinski definition) is 3. The molecular weight excluding hydrogens is 300 g/mol. The van der Waals surface area contributed by atoms with Crippen molar-refractivity contribution in [2.24, 2.45) is 11.3 Å². The molecule has 2 fully saturated rings. The van der Waals surface area contributed by atoms with Crippen LogP contribution >= 0.6 is 0 Å². The molecule has 0 atom stereocenters. The lowest BCUT2D eigenvalue weighted by molar-refractivity contribution is 0.267. The van der Waals surface area contributed by atoms with Crippen LogP contribution in [0.25, 0.3) is 0 Å². The van der Waals surface area contributed by atoms with E-state index >= 15 is 0 Å². The highest BCUT2D eigenvalue weighted by Crippen LogP contribution is 2.60. The van der Waals surface area contributed by atoms with Crippen LogP contribution in [0, 0.1) is 23.0 Å². The van der Waals surface area contributed by atoms with Crippen LogP contribution in [0.1, 0.15) is 31.2 Å². The minimum absolute atomic E-state index is 0.0450. The van der Waals surface area contributed by atoms with Gasteiger partial charge in [0, 0.05) is 6.54 Å². The van der Waals surface area contributed by atoms with Gasteiger partial charge in [-0.05, 0) is 49.1 Å². The number of nitrogens with one attached hydrogen (secondary N) is 1. The fraction of sp³-hybridized carbons (Fsp3) is 0.571. The topological polar surface area (TPSA) is 66.4 Å². The first-order valence-corrected chi connectivity index (χ1v) is 8.45. The largest absolute Gasteiger partial charge is 0.391 e. The smallest absolute Gasteiger partial charge is 0.243 e. The van der Waals surface area contributed by atoms with Gasteiger partial charge in [0.15, 0.2) is 5.82 Å². The average Bonchev–Trinajstić information content (AvgIpc) is 3.28. The van der Waals surface area contributed by atoms with Gasteiger partial charge in [-0.15, -0.1) is 0 Å². The van der Waals surface area contributed by atoms with E-state index in [1.165, 1.54) is 0 Å². The van der Waals surface area contributed by atoms with Crippen molar-refractivity contribution < 1.29 is 22.3 Å². The zero-order chi connectivity index (χ0) is 15.3. The fourth-order valence-electron chi connectivity index (χ4n) is 2.83. The number of aliphatic hydroxyl groups is 1. The van der Waals surface area contributed by atoms with E-state index in [2.05, 4.69) is 4.72 Å². The molecule has 116 valence electrons. The van der Waals surface area contributed by atoms with Crippen molar-refractivity contribution in [2.75, 3.05) is 6.54 Å². The van der Waals surface area contributed by atoms with E-state index < -0.39 is 38.7 Å². The molecule has 2 aliphatic carbocycles. The molecule has 7 heteroatoms. The van der Waals surface area contributed by atoms with Crippen LogP contribution in [-0.2, 0) is 16.6 Å². The molecule has 0 bridgehead atoms. The molecule has 21 heavy (non-hydrogen) atoms. The first-order valence-electron chi connectivity index (χ1n) is 6.97. The molecule has 0 radical (unpaired) electrons. The molecule has 1 aromatic rings. The van der Waals surface area contributed by atoms with E-state index in [1.807, 2.05) is 0 Å². The highest BCUT2D eigenvalue weighted by molar-refractivity contribution is 7.89. The van der Waals surface area contributed by atoms with Gasteiger partial charge in [0.2, 0.25) is 10.0 Å². The molecule has 2 saturated carbocycles. The van der Waals surface area contributed by atoms with E-state index in [4.69, 9.17) is 5.11 Å². The molecule has 0 heterocycles. The minimum atomic E-state index is -4.04. The highest BCUT2D eigenvalue weighted by Gasteiger charge is 2.53. The molecule has 0 saturated heterocycles. The van der Waals surface area contributed by atoms with E-state index in [1.54, 1.807) is 0 Å². The molecule has 0 unspecified atom stereocenters. The van der Waals surface area contributed by atoms with Crippen molar-refractivity contribution in [1.29, 1.82) is 0 Å². The zero-order valence-electron chi connectivity index (χ0n) is 11.4. The van der Waals surface area contributed by atoms with Gasteiger partial charge in [0.25, 0.3) is 0 Å². The molecule has 2 N–H and O–H groups in total. The second kappa shape index (κ2) is 5.00. The molecule has 0 spiro atoms. The van der Waals surface area contributed by atoms with Crippen LogP contribution < -0.4 is 4.72 Å². The van der Waals surface area contributed by atoms with Gasteiger partial charge < -0.3 is 5.11 Å². The van der Waals surface area contributed by atoms with E-state index in [0.29, 0.717) is 12.5 Å². The van der Waals surface area contributed by atoms with Crippen molar-refractivity contribution in [3.8, 4) is 0 Å². The standard InChI is InChI=1S/C14H17F2NO3S/c15-11-3-4-12(13(16)10(11)7-18)21(19,20)17-8-14(5-6-14)9-1-2-9/h3-4,9,17-18H,1-2,5-8H2. The second-order valence-corrected chi connectivity index (χ2v) is 7.69. The van der Waals surface area contributed by atoms with Crippen molar-refractivity contribution in [1.82, 2.24) is 4.72 Å². The summed E-state index contributed by atoms with van der Waals surface area (Å²) in [6, 6.07) is 1.75. The minimum Gasteiger partial charge on any atom is -0.391 e. The summed E-state index contributed by atoms with van der Waals surface area (Å²) in [6.07, 6.45) is 4.24. The second-order valence-electron chi connectivity index (χ2n) is 5.96. The number of hydrogen-bond donors (Lipinski definition) is 2. The van der Waals surface area contributed by atoms with Gasteiger partial charge in [0.05, 0.1) is 12.2 Å². The molecule has 4 nitrogen and oxygen atoms in total. The molecule has 1 aromatic carbocycles.